The monoisotopic (exact) mass is 681 g/mol. The first-order chi connectivity index (χ1) is 23.9. The van der Waals surface area contributed by atoms with E-state index in [9.17, 15) is 19.2 Å². The van der Waals surface area contributed by atoms with Crippen LogP contribution in [0, 0.1) is 16.7 Å². The third-order valence-electron chi connectivity index (χ3n) is 11.7. The number of pyridine rings is 3. The lowest BCUT2D eigenvalue weighted by atomic mass is 9.41. The van der Waals surface area contributed by atoms with Crippen LogP contribution in [-0.4, -0.2) is 75.0 Å². The number of cyclic esters (lactones) is 1. The lowest BCUT2D eigenvalue weighted by Gasteiger charge is -2.70. The third kappa shape index (κ3) is 5.28. The summed E-state index contributed by atoms with van der Waals surface area (Å²) in [6.07, 6.45) is 9.19. The maximum Gasteiger partial charge on any atom is 0.340 e. The Morgan fingerprint density at radius 2 is 1.34 bits per heavy atom. The molecule has 1 spiro atoms. The Kier molecular flexibility index (Phi) is 8.32. The van der Waals surface area contributed by atoms with Gasteiger partial charge in [0.15, 0.2) is 12.2 Å². The number of ether oxygens (including phenoxy) is 5. The second-order valence-corrected chi connectivity index (χ2v) is 14.3. The van der Waals surface area contributed by atoms with Crippen LogP contribution in [0.25, 0.3) is 0 Å². The highest BCUT2D eigenvalue weighted by atomic mass is 16.6. The van der Waals surface area contributed by atoms with E-state index in [2.05, 4.69) is 21.0 Å². The number of rotatable bonds is 6. The van der Waals surface area contributed by atoms with Gasteiger partial charge < -0.3 is 23.7 Å². The second kappa shape index (κ2) is 12.4. The fourth-order valence-electron chi connectivity index (χ4n) is 8.93. The summed E-state index contributed by atoms with van der Waals surface area (Å²) in [5.74, 6) is -2.74. The van der Waals surface area contributed by atoms with E-state index in [0.717, 1.165) is 5.57 Å². The molecule has 2 aliphatic carbocycles. The van der Waals surface area contributed by atoms with Gasteiger partial charge in [-0.1, -0.05) is 25.5 Å². The number of fused-ring (bicyclic) bond motifs is 3. The molecule has 0 unspecified atom stereocenters. The summed E-state index contributed by atoms with van der Waals surface area (Å²) in [6, 6.07) is 9.72. The van der Waals surface area contributed by atoms with Crippen molar-refractivity contribution in [1.29, 1.82) is 0 Å². The van der Waals surface area contributed by atoms with E-state index < -0.39 is 64.2 Å². The van der Waals surface area contributed by atoms with Gasteiger partial charge in [0.2, 0.25) is 0 Å². The first kappa shape index (κ1) is 33.5. The van der Waals surface area contributed by atoms with Crippen molar-refractivity contribution >= 4 is 23.9 Å². The van der Waals surface area contributed by atoms with Crippen molar-refractivity contribution in [1.82, 2.24) is 15.0 Å². The Hall–Kier alpha value is -4.97. The van der Waals surface area contributed by atoms with E-state index in [-0.39, 0.29) is 42.1 Å². The van der Waals surface area contributed by atoms with Crippen molar-refractivity contribution in [2.24, 2.45) is 16.7 Å². The molecule has 2 aliphatic heterocycles. The summed E-state index contributed by atoms with van der Waals surface area (Å²) in [6.45, 7) is 7.69. The number of carbonyl (C=O) groups excluding carboxylic acids is 4. The Morgan fingerprint density at radius 1 is 0.800 bits per heavy atom. The SMILES string of the molecule is CC1=CCC[C@H]2[C@@]1(C)[C@@H](OC(=O)c1cccnc1)[C@H](OC(=O)c1cccnc1)[C@]1(C)O[C@@]3(COC(=O)C3)C[C@H](OC(=O)c3cccnc3)[C@]21C. The zero-order valence-corrected chi connectivity index (χ0v) is 28.4. The van der Waals surface area contributed by atoms with E-state index in [1.807, 2.05) is 20.8 Å². The molecule has 4 aliphatic rings. The van der Waals surface area contributed by atoms with Crippen LogP contribution in [0.3, 0.4) is 0 Å². The van der Waals surface area contributed by atoms with Crippen LogP contribution in [0.1, 0.15) is 84.5 Å². The molecule has 2 saturated heterocycles. The van der Waals surface area contributed by atoms with Crippen LogP contribution in [0.4, 0.5) is 0 Å². The van der Waals surface area contributed by atoms with Crippen LogP contribution < -0.4 is 0 Å². The van der Waals surface area contributed by atoms with Crippen molar-refractivity contribution in [3.8, 4) is 0 Å². The van der Waals surface area contributed by atoms with E-state index in [0.29, 0.717) is 12.8 Å². The van der Waals surface area contributed by atoms with Gasteiger partial charge in [-0.05, 0) is 69.0 Å². The Morgan fingerprint density at radius 3 is 1.84 bits per heavy atom. The van der Waals surface area contributed by atoms with Gasteiger partial charge in [0.05, 0.1) is 23.1 Å². The van der Waals surface area contributed by atoms with Gasteiger partial charge in [0, 0.05) is 54.4 Å². The minimum Gasteiger partial charge on any atom is -0.462 e. The molecular weight excluding hydrogens is 642 g/mol. The third-order valence-corrected chi connectivity index (χ3v) is 11.7. The molecule has 0 aromatic carbocycles. The molecule has 3 aromatic heterocycles. The number of aromatic nitrogens is 3. The quantitative estimate of drug-likeness (QED) is 0.193. The summed E-state index contributed by atoms with van der Waals surface area (Å²) < 4.78 is 32.1. The first-order valence-corrected chi connectivity index (χ1v) is 16.8. The molecule has 260 valence electrons. The second-order valence-electron chi connectivity index (χ2n) is 14.3. The molecule has 3 fully saturated rings. The first-order valence-electron chi connectivity index (χ1n) is 16.8. The van der Waals surface area contributed by atoms with Gasteiger partial charge in [-0.2, -0.15) is 0 Å². The highest BCUT2D eigenvalue weighted by Crippen LogP contribution is 2.69. The highest BCUT2D eigenvalue weighted by Gasteiger charge is 2.78. The predicted molar refractivity (Wildman–Crippen MR) is 175 cm³/mol. The maximum absolute atomic E-state index is 14.0. The van der Waals surface area contributed by atoms with Crippen LogP contribution >= 0.6 is 0 Å². The van der Waals surface area contributed by atoms with E-state index in [4.69, 9.17) is 23.7 Å². The zero-order valence-electron chi connectivity index (χ0n) is 28.4. The Labute approximate surface area is 289 Å². The van der Waals surface area contributed by atoms with Crippen molar-refractivity contribution in [3.63, 3.8) is 0 Å². The smallest absolute Gasteiger partial charge is 0.340 e. The summed E-state index contributed by atoms with van der Waals surface area (Å²) in [7, 11) is 0. The van der Waals surface area contributed by atoms with Gasteiger partial charge in [0.25, 0.3) is 0 Å². The van der Waals surface area contributed by atoms with Crippen molar-refractivity contribution in [2.45, 2.75) is 82.9 Å². The van der Waals surface area contributed by atoms with Gasteiger partial charge in [-0.15, -0.1) is 0 Å². The molecule has 0 amide bonds. The van der Waals surface area contributed by atoms with Crippen molar-refractivity contribution < 1.29 is 42.9 Å². The minimum atomic E-state index is -1.50. The standard InChI is InChI=1S/C38H39N3O9/c1-23-9-5-13-27-35(23,2)30(48-33(44)25-11-7-15-40-20-25)31(49-34(45)26-12-8-16-41-21-26)37(4)36(27,3)28(17-38(50-37)18-29(42)46-22-38)47-32(43)24-10-6-14-39-19-24/h6-12,14-16,19-21,27-28,30-31H,5,13,17-18,22H2,1-4H3/t27-,28-,30-,31-,35-,36-,37-,38-/m0/s1. The van der Waals surface area contributed by atoms with E-state index in [1.165, 1.54) is 18.6 Å². The maximum atomic E-state index is 14.0. The Bertz CT molecular complexity index is 1840. The van der Waals surface area contributed by atoms with Crippen molar-refractivity contribution in [2.75, 3.05) is 6.61 Å². The molecule has 0 radical (unpaired) electrons. The number of esters is 4. The van der Waals surface area contributed by atoms with Crippen LogP contribution in [-0.2, 0) is 28.5 Å². The summed E-state index contributed by atoms with van der Waals surface area (Å²) >= 11 is 0. The fourth-order valence-corrected chi connectivity index (χ4v) is 8.93. The van der Waals surface area contributed by atoms with Gasteiger partial charge in [-0.3, -0.25) is 19.7 Å². The average molecular weight is 682 g/mol. The van der Waals surface area contributed by atoms with Gasteiger partial charge in [0.1, 0.15) is 23.9 Å². The number of hydrogen-bond acceptors (Lipinski definition) is 12. The molecule has 5 heterocycles. The fraction of sp³-hybridized carbons (Fsp3) is 0.447. The minimum absolute atomic E-state index is 0.0945. The molecule has 12 nitrogen and oxygen atoms in total. The summed E-state index contributed by atoms with van der Waals surface area (Å²) in [4.78, 5) is 66.9. The molecule has 0 N–H and O–H groups in total. The van der Waals surface area contributed by atoms with Crippen LogP contribution in [0.2, 0.25) is 0 Å². The molecule has 8 atom stereocenters. The number of hydrogen-bond donors (Lipinski definition) is 0. The van der Waals surface area contributed by atoms with E-state index in [1.54, 1.807) is 61.9 Å². The largest absolute Gasteiger partial charge is 0.462 e. The number of carbonyl (C=O) groups is 4. The summed E-state index contributed by atoms with van der Waals surface area (Å²) in [5, 5.41) is 0. The predicted octanol–water partition coefficient (Wildman–Crippen LogP) is 5.10. The van der Waals surface area contributed by atoms with E-state index >= 15 is 0 Å². The van der Waals surface area contributed by atoms with Gasteiger partial charge >= 0.3 is 23.9 Å². The van der Waals surface area contributed by atoms with Crippen molar-refractivity contribution in [3.05, 3.63) is 102 Å². The molecule has 0 bridgehead atoms. The number of nitrogens with zero attached hydrogens (tertiary/aromatic N) is 3. The Balaban J connectivity index is 1.42. The topological polar surface area (TPSA) is 153 Å². The molecule has 1 saturated carbocycles. The highest BCUT2D eigenvalue weighted by molar-refractivity contribution is 5.90. The molecular formula is C38H39N3O9. The lowest BCUT2D eigenvalue weighted by molar-refractivity contribution is -0.360. The molecule has 12 heteroatoms. The van der Waals surface area contributed by atoms with Crippen LogP contribution in [0.15, 0.2) is 85.2 Å². The van der Waals surface area contributed by atoms with Crippen LogP contribution in [0.5, 0.6) is 0 Å². The molecule has 50 heavy (non-hydrogen) atoms. The number of allylic oxidation sites excluding steroid dienone is 1. The molecule has 3 aromatic rings. The lowest BCUT2D eigenvalue weighted by Crippen LogP contribution is -2.80. The molecule has 7 rings (SSSR count). The van der Waals surface area contributed by atoms with Gasteiger partial charge in [-0.25, -0.2) is 14.4 Å². The zero-order chi connectivity index (χ0) is 35.3. The average Bonchev–Trinajstić information content (AvgIpc) is 3.48. The summed E-state index contributed by atoms with van der Waals surface area (Å²) in [5.41, 5.74) is -3.13. The normalized spacial score (nSPS) is 34.4.